The van der Waals surface area contributed by atoms with Crippen molar-refractivity contribution in [1.82, 2.24) is 9.62 Å². The van der Waals surface area contributed by atoms with E-state index in [0.29, 0.717) is 5.02 Å². The summed E-state index contributed by atoms with van der Waals surface area (Å²) in [5.74, 6) is -0.312. The Kier molecular flexibility index (Phi) is 6.02. The number of sulfonamides is 1. The van der Waals surface area contributed by atoms with Gasteiger partial charge in [0.25, 0.3) is 0 Å². The zero-order chi connectivity index (χ0) is 17.0. The highest BCUT2D eigenvalue weighted by molar-refractivity contribution is 7.89. The molecule has 23 heavy (non-hydrogen) atoms. The summed E-state index contributed by atoms with van der Waals surface area (Å²) >= 11 is 5.76. The minimum Gasteiger partial charge on any atom is -0.396 e. The quantitative estimate of drug-likeness (QED) is 0.799. The first-order chi connectivity index (χ1) is 10.8. The van der Waals surface area contributed by atoms with Gasteiger partial charge in [0.15, 0.2) is 0 Å². The van der Waals surface area contributed by atoms with E-state index in [1.807, 2.05) is 0 Å². The van der Waals surface area contributed by atoms with E-state index in [0.717, 1.165) is 23.6 Å². The molecule has 0 unspecified atom stereocenters. The molecule has 1 fully saturated rings. The Morgan fingerprint density at radius 1 is 1.35 bits per heavy atom. The van der Waals surface area contributed by atoms with Gasteiger partial charge in [0.1, 0.15) is 0 Å². The van der Waals surface area contributed by atoms with Crippen LogP contribution in [-0.2, 0) is 14.8 Å². The number of halogens is 1. The predicted molar refractivity (Wildman–Crippen MR) is 87.6 cm³/mol. The van der Waals surface area contributed by atoms with Crippen molar-refractivity contribution >= 4 is 27.5 Å². The van der Waals surface area contributed by atoms with Gasteiger partial charge in [-0.05, 0) is 37.1 Å². The number of rotatable bonds is 6. The third kappa shape index (κ3) is 4.44. The molecule has 8 heteroatoms. The summed E-state index contributed by atoms with van der Waals surface area (Å²) in [7, 11) is -2.38. The van der Waals surface area contributed by atoms with Crippen LogP contribution in [-0.4, -0.2) is 50.0 Å². The zero-order valence-electron chi connectivity index (χ0n) is 12.9. The second-order valence-corrected chi connectivity index (χ2v) is 8.24. The maximum atomic E-state index is 12.4. The van der Waals surface area contributed by atoms with E-state index in [1.165, 1.54) is 31.3 Å². The van der Waals surface area contributed by atoms with Crippen molar-refractivity contribution in [2.45, 2.75) is 30.2 Å². The summed E-state index contributed by atoms with van der Waals surface area (Å²) in [6.45, 7) is -0.233. The van der Waals surface area contributed by atoms with Crippen molar-refractivity contribution in [2.75, 3.05) is 20.2 Å². The van der Waals surface area contributed by atoms with E-state index in [-0.39, 0.29) is 35.9 Å². The van der Waals surface area contributed by atoms with Crippen LogP contribution in [0.2, 0.25) is 5.02 Å². The highest BCUT2D eigenvalue weighted by atomic mass is 35.5. The van der Waals surface area contributed by atoms with E-state index < -0.39 is 10.0 Å². The number of nitrogens with one attached hydrogen (secondary N) is 1. The summed E-state index contributed by atoms with van der Waals surface area (Å²) in [6, 6.07) is 5.72. The number of benzene rings is 1. The lowest BCUT2D eigenvalue weighted by atomic mass is 10.1. The lowest BCUT2D eigenvalue weighted by Gasteiger charge is -2.21. The van der Waals surface area contributed by atoms with Crippen LogP contribution in [0.1, 0.15) is 19.3 Å². The van der Waals surface area contributed by atoms with Crippen molar-refractivity contribution in [3.63, 3.8) is 0 Å². The van der Waals surface area contributed by atoms with Crippen molar-refractivity contribution < 1.29 is 18.3 Å². The monoisotopic (exact) mass is 360 g/mol. The summed E-state index contributed by atoms with van der Waals surface area (Å²) in [5, 5.41) is 12.5. The van der Waals surface area contributed by atoms with Crippen molar-refractivity contribution in [3.05, 3.63) is 29.3 Å². The Morgan fingerprint density at radius 3 is 2.61 bits per heavy atom. The van der Waals surface area contributed by atoms with Gasteiger partial charge in [-0.3, -0.25) is 4.79 Å². The molecule has 1 saturated carbocycles. The zero-order valence-corrected chi connectivity index (χ0v) is 14.5. The maximum absolute atomic E-state index is 12.4. The van der Waals surface area contributed by atoms with Gasteiger partial charge < -0.3 is 10.4 Å². The van der Waals surface area contributed by atoms with E-state index in [1.54, 1.807) is 0 Å². The standard InChI is InChI=1S/C15H21ClN2O4S/c1-18(23(21,22)13-7-5-12(16)6-8-13)9-15(20)17-14-4-2-3-11(14)10-19/h5-8,11,14,19H,2-4,9-10H2,1H3,(H,17,20)/t11-,14-/m1/s1. The molecule has 1 aromatic carbocycles. The number of likely N-dealkylation sites (N-methyl/N-ethyl adjacent to an activating group) is 1. The summed E-state index contributed by atoms with van der Waals surface area (Å²) in [4.78, 5) is 12.2. The molecule has 0 saturated heterocycles. The Bertz CT molecular complexity index is 648. The molecule has 0 heterocycles. The number of aliphatic hydroxyl groups excluding tert-OH is 1. The van der Waals surface area contributed by atoms with E-state index in [2.05, 4.69) is 5.32 Å². The van der Waals surface area contributed by atoms with Crippen LogP contribution in [0.4, 0.5) is 0 Å². The Hall–Kier alpha value is -1.15. The van der Waals surface area contributed by atoms with Gasteiger partial charge in [0, 0.05) is 30.6 Å². The van der Waals surface area contributed by atoms with Crippen LogP contribution in [0.5, 0.6) is 0 Å². The molecular weight excluding hydrogens is 340 g/mol. The van der Waals surface area contributed by atoms with Crippen molar-refractivity contribution in [1.29, 1.82) is 0 Å². The number of carbonyl (C=O) groups is 1. The Balaban J connectivity index is 1.98. The SMILES string of the molecule is CN(CC(=O)N[C@@H]1CCC[C@@H]1CO)S(=O)(=O)c1ccc(Cl)cc1. The molecule has 2 atom stereocenters. The third-order valence-electron chi connectivity index (χ3n) is 4.13. The Morgan fingerprint density at radius 2 is 2.00 bits per heavy atom. The molecule has 0 bridgehead atoms. The average molecular weight is 361 g/mol. The lowest BCUT2D eigenvalue weighted by molar-refractivity contribution is -0.122. The summed E-state index contributed by atoms with van der Waals surface area (Å²) in [6.07, 6.45) is 2.64. The highest BCUT2D eigenvalue weighted by Crippen LogP contribution is 2.25. The number of aliphatic hydroxyl groups is 1. The van der Waals surface area contributed by atoms with Gasteiger partial charge in [-0.1, -0.05) is 18.0 Å². The first-order valence-electron chi connectivity index (χ1n) is 7.46. The molecule has 0 aromatic heterocycles. The molecule has 0 spiro atoms. The second-order valence-electron chi connectivity index (χ2n) is 5.76. The van der Waals surface area contributed by atoms with E-state index in [9.17, 15) is 18.3 Å². The number of carbonyl (C=O) groups excluding carboxylic acids is 1. The van der Waals surface area contributed by atoms with Crippen LogP contribution < -0.4 is 5.32 Å². The number of hydrogen-bond acceptors (Lipinski definition) is 4. The number of nitrogens with zero attached hydrogens (tertiary/aromatic N) is 1. The molecule has 1 aromatic rings. The van der Waals surface area contributed by atoms with E-state index in [4.69, 9.17) is 11.6 Å². The smallest absolute Gasteiger partial charge is 0.243 e. The van der Waals surface area contributed by atoms with Gasteiger partial charge in [-0.2, -0.15) is 4.31 Å². The predicted octanol–water partition coefficient (Wildman–Crippen LogP) is 1.24. The van der Waals surface area contributed by atoms with Gasteiger partial charge in [-0.25, -0.2) is 8.42 Å². The molecule has 1 amide bonds. The molecular formula is C15H21ClN2O4S. The fourth-order valence-corrected chi connectivity index (χ4v) is 4.02. The maximum Gasteiger partial charge on any atom is 0.243 e. The van der Waals surface area contributed by atoms with Gasteiger partial charge >= 0.3 is 0 Å². The first kappa shape index (κ1) is 18.2. The fraction of sp³-hybridized carbons (Fsp3) is 0.533. The fourth-order valence-electron chi connectivity index (χ4n) is 2.77. The molecule has 1 aliphatic carbocycles. The number of hydrogen-bond donors (Lipinski definition) is 2. The molecule has 128 valence electrons. The minimum absolute atomic E-state index is 0.0316. The van der Waals surface area contributed by atoms with E-state index >= 15 is 0 Å². The molecule has 6 nitrogen and oxygen atoms in total. The minimum atomic E-state index is -3.74. The molecule has 1 aliphatic rings. The largest absolute Gasteiger partial charge is 0.396 e. The third-order valence-corrected chi connectivity index (χ3v) is 6.20. The van der Waals surface area contributed by atoms with Crippen molar-refractivity contribution in [2.24, 2.45) is 5.92 Å². The molecule has 2 rings (SSSR count). The van der Waals surface area contributed by atoms with Gasteiger partial charge in [-0.15, -0.1) is 0 Å². The molecule has 0 radical (unpaired) electrons. The van der Waals surface area contributed by atoms with Crippen molar-refractivity contribution in [3.8, 4) is 0 Å². The van der Waals surface area contributed by atoms with Crippen LogP contribution in [0.25, 0.3) is 0 Å². The van der Waals surface area contributed by atoms with Gasteiger partial charge in [0.05, 0.1) is 11.4 Å². The van der Waals surface area contributed by atoms with Crippen LogP contribution in [0, 0.1) is 5.92 Å². The second kappa shape index (κ2) is 7.61. The first-order valence-corrected chi connectivity index (χ1v) is 9.28. The van der Waals surface area contributed by atoms with Crippen LogP contribution in [0.15, 0.2) is 29.2 Å². The van der Waals surface area contributed by atoms with Crippen LogP contribution in [0.3, 0.4) is 0 Å². The Labute approximate surface area is 141 Å². The highest BCUT2D eigenvalue weighted by Gasteiger charge is 2.29. The lowest BCUT2D eigenvalue weighted by Crippen LogP contribution is -2.44. The topological polar surface area (TPSA) is 86.7 Å². The number of amides is 1. The van der Waals surface area contributed by atoms with Gasteiger partial charge in [0.2, 0.25) is 15.9 Å². The van der Waals surface area contributed by atoms with Crippen LogP contribution >= 0.6 is 11.6 Å². The molecule has 0 aliphatic heterocycles. The normalized spacial score (nSPS) is 21.6. The summed E-state index contributed by atoms with van der Waals surface area (Å²) < 4.78 is 25.8. The average Bonchev–Trinajstić information content (AvgIpc) is 2.94. The molecule has 2 N–H and O–H groups in total. The summed E-state index contributed by atoms with van der Waals surface area (Å²) in [5.41, 5.74) is 0.